The van der Waals surface area contributed by atoms with Gasteiger partial charge in [-0.25, -0.2) is 0 Å². The van der Waals surface area contributed by atoms with E-state index in [1.54, 1.807) is 0 Å². The molecule has 0 nitrogen and oxygen atoms in total. The molecule has 0 radical (unpaired) electrons. The Kier molecular flexibility index (Phi) is 13.1. The van der Waals surface area contributed by atoms with Crippen molar-refractivity contribution < 1.29 is 0 Å². The zero-order valence-corrected chi connectivity index (χ0v) is 10.8. The van der Waals surface area contributed by atoms with E-state index in [-0.39, 0.29) is 0 Å². The monoisotopic (exact) mass is 238 g/mol. The molecule has 0 heterocycles. The Morgan fingerprint density at radius 2 is 0.667 bits per heavy atom. The van der Waals surface area contributed by atoms with Crippen LogP contribution in [0.4, 0.5) is 0 Å². The van der Waals surface area contributed by atoms with Crippen LogP contribution in [0.5, 0.6) is 0 Å². The minimum Gasteiger partial charge on any atom is -0.0533 e. The zero-order valence-electron chi connectivity index (χ0n) is 7.37. The third-order valence-electron chi connectivity index (χ3n) is 2.03. The molecule has 0 aromatic heterocycles. The summed E-state index contributed by atoms with van der Waals surface area (Å²) < 4.78 is 0. The fraction of sp³-hybridized carbons (Fsp3) is 1.00. The average Bonchev–Trinajstić information content (AvgIpc) is 1.79. The lowest BCUT2D eigenvalue weighted by atomic mass is 10.0. The standard InChI is InChI=1S/2C4H8.P2S2/c2*1-2-4-3-1;3-1-2-4/h2*1-4H2;. The minimum atomic E-state index is 0.869. The summed E-state index contributed by atoms with van der Waals surface area (Å²) in [5.41, 5.74) is 0. The van der Waals surface area contributed by atoms with E-state index in [0.29, 0.717) is 0 Å². The van der Waals surface area contributed by atoms with Crippen molar-refractivity contribution in [3.63, 3.8) is 0 Å². The van der Waals surface area contributed by atoms with Crippen LogP contribution in [0, 0.1) is 0 Å². The van der Waals surface area contributed by atoms with E-state index in [0.717, 1.165) is 14.1 Å². The Morgan fingerprint density at radius 1 is 0.500 bits per heavy atom. The lowest BCUT2D eigenvalue weighted by Gasteiger charge is -2.05. The van der Waals surface area contributed by atoms with Crippen molar-refractivity contribution in [1.29, 1.82) is 0 Å². The highest BCUT2D eigenvalue weighted by Gasteiger charge is 1.95. The van der Waals surface area contributed by atoms with Crippen molar-refractivity contribution in [3.05, 3.63) is 0 Å². The third-order valence-corrected chi connectivity index (χ3v) is 4.70. The Labute approximate surface area is 89.1 Å². The fourth-order valence-electron chi connectivity index (χ4n) is 0.500. The molecule has 4 heteroatoms. The Bertz CT molecular complexity index is 87.6. The van der Waals surface area contributed by atoms with Crippen LogP contribution in [0.1, 0.15) is 51.4 Å². The molecule has 0 aliphatic heterocycles. The molecule has 70 valence electrons. The smallest absolute Gasteiger partial charge is 0.0464 e. The van der Waals surface area contributed by atoms with Gasteiger partial charge in [0.05, 0.1) is 0 Å². The van der Waals surface area contributed by atoms with Gasteiger partial charge in [0.2, 0.25) is 0 Å². The van der Waals surface area contributed by atoms with Crippen molar-refractivity contribution in [1.82, 2.24) is 0 Å². The van der Waals surface area contributed by atoms with Crippen molar-refractivity contribution in [2.75, 3.05) is 0 Å². The molecule has 0 spiro atoms. The summed E-state index contributed by atoms with van der Waals surface area (Å²) in [6, 6.07) is 0. The normalized spacial score (nSPS) is 19.0. The summed E-state index contributed by atoms with van der Waals surface area (Å²) in [6.45, 7) is 0. The topological polar surface area (TPSA) is 0 Å². The van der Waals surface area contributed by atoms with Gasteiger partial charge in [0.1, 0.15) is 0 Å². The molecule has 0 amide bonds. The summed E-state index contributed by atoms with van der Waals surface area (Å²) in [4.78, 5) is 0. The average molecular weight is 238 g/mol. The van der Waals surface area contributed by atoms with Crippen molar-refractivity contribution >= 4 is 37.7 Å². The van der Waals surface area contributed by atoms with Gasteiger partial charge in [0, 0.05) is 14.1 Å². The molecule has 0 aromatic carbocycles. The number of rotatable bonds is 1. The van der Waals surface area contributed by atoms with E-state index in [4.69, 9.17) is 0 Å². The lowest BCUT2D eigenvalue weighted by molar-refractivity contribution is 0.504. The van der Waals surface area contributed by atoms with Crippen LogP contribution < -0.4 is 0 Å². The van der Waals surface area contributed by atoms with Crippen molar-refractivity contribution in [2.45, 2.75) is 51.4 Å². The second-order valence-corrected chi connectivity index (χ2v) is 7.24. The van der Waals surface area contributed by atoms with Gasteiger partial charge in [-0.3, -0.25) is 0 Å². The summed E-state index contributed by atoms with van der Waals surface area (Å²) in [6.07, 6.45) is 12.0. The van der Waals surface area contributed by atoms with Crippen molar-refractivity contribution in [2.24, 2.45) is 0 Å². The number of hydrogen-bond acceptors (Lipinski definition) is 2. The van der Waals surface area contributed by atoms with Crippen LogP contribution in [0.25, 0.3) is 0 Å². The van der Waals surface area contributed by atoms with E-state index in [1.165, 1.54) is 51.4 Å². The summed E-state index contributed by atoms with van der Waals surface area (Å²) in [7, 11) is 1.74. The van der Waals surface area contributed by atoms with Crippen LogP contribution in [0.2, 0.25) is 0 Å². The maximum absolute atomic E-state index is 4.41. The van der Waals surface area contributed by atoms with E-state index < -0.39 is 0 Å². The van der Waals surface area contributed by atoms with Gasteiger partial charge in [-0.2, -0.15) is 0 Å². The number of hydrogen-bond donors (Lipinski definition) is 0. The van der Waals surface area contributed by atoms with Crippen LogP contribution in [0.15, 0.2) is 0 Å². The van der Waals surface area contributed by atoms with Crippen LogP contribution in [-0.2, 0) is 23.6 Å². The Morgan fingerprint density at radius 3 is 0.667 bits per heavy atom. The Hall–Kier alpha value is 1.04. The van der Waals surface area contributed by atoms with Gasteiger partial charge in [-0.05, 0) is 23.6 Å². The highest BCUT2D eigenvalue weighted by molar-refractivity contribution is 8.40. The molecular formula is C8H16P2S2. The molecule has 12 heavy (non-hydrogen) atoms. The van der Waals surface area contributed by atoms with Crippen LogP contribution >= 0.6 is 14.1 Å². The summed E-state index contributed by atoms with van der Waals surface area (Å²) in [5.74, 6) is 0. The summed E-state index contributed by atoms with van der Waals surface area (Å²) in [5, 5.41) is 0. The zero-order chi connectivity index (χ0) is 9.07. The van der Waals surface area contributed by atoms with Gasteiger partial charge >= 0.3 is 0 Å². The Balaban J connectivity index is 0.000000151. The second-order valence-electron chi connectivity index (χ2n) is 2.99. The van der Waals surface area contributed by atoms with Gasteiger partial charge in [0.25, 0.3) is 0 Å². The molecule has 0 N–H and O–H groups in total. The van der Waals surface area contributed by atoms with Crippen molar-refractivity contribution in [3.8, 4) is 0 Å². The van der Waals surface area contributed by atoms with E-state index in [1.807, 2.05) is 0 Å². The van der Waals surface area contributed by atoms with Gasteiger partial charge in [-0.1, -0.05) is 51.4 Å². The molecule has 0 aromatic rings. The summed E-state index contributed by atoms with van der Waals surface area (Å²) >= 11 is 8.82. The predicted octanol–water partition coefficient (Wildman–Crippen LogP) is 4.84. The molecule has 0 unspecified atom stereocenters. The third kappa shape index (κ3) is 11.0. The largest absolute Gasteiger partial charge is 0.0533 e. The van der Waals surface area contributed by atoms with Gasteiger partial charge < -0.3 is 0 Å². The van der Waals surface area contributed by atoms with E-state index >= 15 is 0 Å². The highest BCUT2D eigenvalue weighted by atomic mass is 32.7. The van der Waals surface area contributed by atoms with Gasteiger partial charge in [0.15, 0.2) is 0 Å². The molecule has 0 saturated heterocycles. The molecular weight excluding hydrogens is 222 g/mol. The quantitative estimate of drug-likeness (QED) is 0.599. The van der Waals surface area contributed by atoms with Gasteiger partial charge in [-0.15, -0.1) is 0 Å². The fourth-order valence-corrected chi connectivity index (χ4v) is 0.500. The molecule has 0 atom stereocenters. The molecule has 2 fully saturated rings. The predicted molar refractivity (Wildman–Crippen MR) is 65.5 cm³/mol. The van der Waals surface area contributed by atoms with E-state index in [9.17, 15) is 0 Å². The molecule has 2 rings (SSSR count). The first kappa shape index (κ1) is 13.0. The van der Waals surface area contributed by atoms with Crippen LogP contribution in [0.3, 0.4) is 0 Å². The van der Waals surface area contributed by atoms with Crippen LogP contribution in [-0.4, -0.2) is 0 Å². The first-order valence-electron chi connectivity index (χ1n) is 4.57. The SMILES string of the molecule is C1CCC1.C1CCC1.S=PP=S. The second kappa shape index (κ2) is 12.0. The molecule has 2 aliphatic rings. The molecule has 2 aliphatic carbocycles. The maximum Gasteiger partial charge on any atom is 0.0464 e. The van der Waals surface area contributed by atoms with E-state index in [2.05, 4.69) is 23.6 Å². The first-order valence-corrected chi connectivity index (χ1v) is 9.09. The highest BCUT2D eigenvalue weighted by Crippen LogP contribution is 2.15. The molecule has 2 saturated carbocycles. The lowest BCUT2D eigenvalue weighted by Crippen LogP contribution is -1.85. The maximum atomic E-state index is 4.41. The molecule has 0 bridgehead atoms. The first-order chi connectivity index (χ1) is 5.91. The minimum absolute atomic E-state index is 0.869.